The molecule has 0 aliphatic heterocycles. The first-order valence-corrected chi connectivity index (χ1v) is 8.09. The van der Waals surface area contributed by atoms with Crippen LogP contribution in [0, 0.1) is 11.3 Å². The number of amides is 1. The molecule has 116 valence electrons. The lowest BCUT2D eigenvalue weighted by atomic mass is 9.69. The second-order valence-electron chi connectivity index (χ2n) is 6.99. The predicted octanol–water partition coefficient (Wildman–Crippen LogP) is 3.99. The Morgan fingerprint density at radius 2 is 1.76 bits per heavy atom. The van der Waals surface area contributed by atoms with Gasteiger partial charge in [0.1, 0.15) is 0 Å². The molecule has 2 rings (SSSR count). The minimum absolute atomic E-state index is 0.0215. The first-order valence-electron chi connectivity index (χ1n) is 8.09. The van der Waals surface area contributed by atoms with E-state index in [-0.39, 0.29) is 5.91 Å². The molecule has 21 heavy (non-hydrogen) atoms. The number of rotatable bonds is 4. The molecule has 0 atom stereocenters. The molecule has 0 bridgehead atoms. The maximum Gasteiger partial charge on any atom is 0.251 e. The van der Waals surface area contributed by atoms with E-state index in [9.17, 15) is 4.79 Å². The molecule has 1 aromatic rings. The molecule has 0 spiro atoms. The Bertz CT molecular complexity index is 470. The van der Waals surface area contributed by atoms with Crippen LogP contribution in [0.1, 0.15) is 63.2 Å². The highest BCUT2D eigenvalue weighted by molar-refractivity contribution is 5.94. The van der Waals surface area contributed by atoms with Crippen LogP contribution in [-0.4, -0.2) is 11.9 Å². The van der Waals surface area contributed by atoms with E-state index in [1.807, 2.05) is 0 Å². The van der Waals surface area contributed by atoms with Crippen LogP contribution in [0.5, 0.6) is 0 Å². The van der Waals surface area contributed by atoms with Gasteiger partial charge in [-0.3, -0.25) is 4.79 Å². The SMILES string of the molecule is CCC(C)(C)C1CCC(NC(=O)c2ccc(N)cc2)CC1. The summed E-state index contributed by atoms with van der Waals surface area (Å²) in [5.74, 6) is 0.806. The molecule has 0 radical (unpaired) electrons. The van der Waals surface area contributed by atoms with Crippen LogP contribution in [0.15, 0.2) is 24.3 Å². The maximum absolute atomic E-state index is 12.2. The van der Waals surface area contributed by atoms with Crippen LogP contribution in [-0.2, 0) is 0 Å². The smallest absolute Gasteiger partial charge is 0.251 e. The van der Waals surface area contributed by atoms with Crippen LogP contribution in [0.4, 0.5) is 5.69 Å². The van der Waals surface area contributed by atoms with Gasteiger partial charge in [0, 0.05) is 17.3 Å². The number of hydrogen-bond acceptors (Lipinski definition) is 2. The Labute approximate surface area is 128 Å². The number of nitrogens with two attached hydrogens (primary N) is 1. The summed E-state index contributed by atoms with van der Waals surface area (Å²) in [6.07, 6.45) is 5.84. The van der Waals surface area contributed by atoms with Crippen molar-refractivity contribution in [2.45, 2.75) is 58.9 Å². The van der Waals surface area contributed by atoms with E-state index in [1.54, 1.807) is 24.3 Å². The van der Waals surface area contributed by atoms with E-state index in [0.717, 1.165) is 18.8 Å². The summed E-state index contributed by atoms with van der Waals surface area (Å²) in [7, 11) is 0. The summed E-state index contributed by atoms with van der Waals surface area (Å²) < 4.78 is 0. The molecule has 1 aromatic carbocycles. The van der Waals surface area contributed by atoms with Gasteiger partial charge in [-0.05, 0) is 61.3 Å². The van der Waals surface area contributed by atoms with E-state index in [1.165, 1.54) is 19.3 Å². The average Bonchev–Trinajstić information content (AvgIpc) is 2.48. The van der Waals surface area contributed by atoms with Crippen molar-refractivity contribution in [1.29, 1.82) is 0 Å². The highest BCUT2D eigenvalue weighted by Gasteiger charge is 2.32. The van der Waals surface area contributed by atoms with Crippen molar-refractivity contribution in [3.63, 3.8) is 0 Å². The number of benzene rings is 1. The summed E-state index contributed by atoms with van der Waals surface area (Å²) in [4.78, 5) is 12.2. The minimum Gasteiger partial charge on any atom is -0.399 e. The lowest BCUT2D eigenvalue weighted by molar-refractivity contribution is 0.0893. The highest BCUT2D eigenvalue weighted by Crippen LogP contribution is 2.40. The Kier molecular flexibility index (Phi) is 4.92. The molecule has 3 heteroatoms. The fourth-order valence-electron chi connectivity index (χ4n) is 3.21. The molecular weight excluding hydrogens is 260 g/mol. The van der Waals surface area contributed by atoms with Crippen molar-refractivity contribution in [2.75, 3.05) is 5.73 Å². The summed E-state index contributed by atoms with van der Waals surface area (Å²) in [6, 6.07) is 7.44. The Balaban J connectivity index is 1.86. The molecule has 1 aliphatic carbocycles. The van der Waals surface area contributed by atoms with Crippen molar-refractivity contribution in [2.24, 2.45) is 11.3 Å². The van der Waals surface area contributed by atoms with E-state index in [2.05, 4.69) is 26.1 Å². The number of nitrogens with one attached hydrogen (secondary N) is 1. The number of nitrogen functional groups attached to an aromatic ring is 1. The van der Waals surface area contributed by atoms with E-state index < -0.39 is 0 Å². The van der Waals surface area contributed by atoms with Gasteiger partial charge in [-0.25, -0.2) is 0 Å². The molecule has 1 saturated carbocycles. The summed E-state index contributed by atoms with van der Waals surface area (Å²) in [6.45, 7) is 7.00. The summed E-state index contributed by atoms with van der Waals surface area (Å²) in [5.41, 5.74) is 7.45. The van der Waals surface area contributed by atoms with Crippen LogP contribution in [0.25, 0.3) is 0 Å². The second kappa shape index (κ2) is 6.50. The molecule has 1 amide bonds. The first kappa shape index (κ1) is 15.9. The standard InChI is InChI=1S/C18H28N2O/c1-4-18(2,3)14-7-11-16(12-8-14)20-17(21)13-5-9-15(19)10-6-13/h5-6,9-10,14,16H,4,7-8,11-12,19H2,1-3H3,(H,20,21). The van der Waals surface area contributed by atoms with Crippen LogP contribution in [0.2, 0.25) is 0 Å². The third kappa shape index (κ3) is 3.99. The lowest BCUT2D eigenvalue weighted by Crippen LogP contribution is -2.39. The second-order valence-corrected chi connectivity index (χ2v) is 6.99. The molecule has 0 aromatic heterocycles. The minimum atomic E-state index is 0.0215. The highest BCUT2D eigenvalue weighted by atomic mass is 16.1. The Hall–Kier alpha value is -1.51. The zero-order valence-corrected chi connectivity index (χ0v) is 13.5. The van der Waals surface area contributed by atoms with E-state index in [4.69, 9.17) is 5.73 Å². The van der Waals surface area contributed by atoms with Crippen molar-refractivity contribution < 1.29 is 4.79 Å². The zero-order valence-electron chi connectivity index (χ0n) is 13.5. The Morgan fingerprint density at radius 3 is 2.29 bits per heavy atom. The summed E-state index contributed by atoms with van der Waals surface area (Å²) >= 11 is 0. The average molecular weight is 288 g/mol. The van der Waals surface area contributed by atoms with Crippen molar-refractivity contribution in [1.82, 2.24) is 5.32 Å². The molecule has 0 saturated heterocycles. The monoisotopic (exact) mass is 288 g/mol. The van der Waals surface area contributed by atoms with Crippen LogP contribution >= 0.6 is 0 Å². The van der Waals surface area contributed by atoms with Gasteiger partial charge in [0.25, 0.3) is 5.91 Å². The van der Waals surface area contributed by atoms with E-state index in [0.29, 0.717) is 22.7 Å². The van der Waals surface area contributed by atoms with Crippen molar-refractivity contribution in [3.05, 3.63) is 29.8 Å². The maximum atomic E-state index is 12.2. The molecule has 0 unspecified atom stereocenters. The molecule has 1 fully saturated rings. The molecular formula is C18H28N2O. The zero-order chi connectivity index (χ0) is 15.5. The number of anilines is 1. The van der Waals surface area contributed by atoms with Crippen molar-refractivity contribution in [3.8, 4) is 0 Å². The molecule has 3 N–H and O–H groups in total. The number of carbonyl (C=O) groups excluding carboxylic acids is 1. The van der Waals surface area contributed by atoms with Gasteiger partial charge in [-0.15, -0.1) is 0 Å². The predicted molar refractivity (Wildman–Crippen MR) is 88.1 cm³/mol. The quantitative estimate of drug-likeness (QED) is 0.823. The van der Waals surface area contributed by atoms with Crippen LogP contribution < -0.4 is 11.1 Å². The molecule has 1 aliphatic rings. The third-order valence-electron chi connectivity index (χ3n) is 5.25. The normalized spacial score (nSPS) is 22.8. The fourth-order valence-corrected chi connectivity index (χ4v) is 3.21. The number of carbonyl (C=O) groups is 1. The largest absolute Gasteiger partial charge is 0.399 e. The topological polar surface area (TPSA) is 55.1 Å². The number of hydrogen-bond donors (Lipinski definition) is 2. The Morgan fingerprint density at radius 1 is 1.19 bits per heavy atom. The van der Waals surface area contributed by atoms with Gasteiger partial charge >= 0.3 is 0 Å². The fraction of sp³-hybridized carbons (Fsp3) is 0.611. The van der Waals surface area contributed by atoms with Gasteiger partial charge < -0.3 is 11.1 Å². The van der Waals surface area contributed by atoms with Crippen molar-refractivity contribution >= 4 is 11.6 Å². The van der Waals surface area contributed by atoms with Gasteiger partial charge in [-0.1, -0.05) is 27.2 Å². The van der Waals surface area contributed by atoms with Gasteiger partial charge in [0.05, 0.1) is 0 Å². The van der Waals surface area contributed by atoms with Gasteiger partial charge in [-0.2, -0.15) is 0 Å². The molecule has 0 heterocycles. The van der Waals surface area contributed by atoms with E-state index >= 15 is 0 Å². The lowest BCUT2D eigenvalue weighted by Gasteiger charge is -2.39. The van der Waals surface area contributed by atoms with Gasteiger partial charge in [0.2, 0.25) is 0 Å². The molecule has 3 nitrogen and oxygen atoms in total. The third-order valence-corrected chi connectivity index (χ3v) is 5.25. The van der Waals surface area contributed by atoms with Gasteiger partial charge in [0.15, 0.2) is 0 Å². The van der Waals surface area contributed by atoms with Crippen LogP contribution in [0.3, 0.4) is 0 Å². The summed E-state index contributed by atoms with van der Waals surface area (Å²) in [5, 5.41) is 3.16. The first-order chi connectivity index (χ1) is 9.92.